The summed E-state index contributed by atoms with van der Waals surface area (Å²) in [5, 5.41) is 14.5. The summed E-state index contributed by atoms with van der Waals surface area (Å²) in [5.41, 5.74) is 2.92. The molecule has 4 heteroatoms. The Hall–Kier alpha value is -1.81. The van der Waals surface area contributed by atoms with Crippen molar-refractivity contribution in [2.75, 3.05) is 19.0 Å². The van der Waals surface area contributed by atoms with Gasteiger partial charge >= 0.3 is 0 Å². The van der Waals surface area contributed by atoms with Crippen LogP contribution in [0.3, 0.4) is 0 Å². The average molecular weight is 245 g/mol. The van der Waals surface area contributed by atoms with Gasteiger partial charge in [-0.25, -0.2) is 0 Å². The molecule has 0 spiro atoms. The van der Waals surface area contributed by atoms with Crippen molar-refractivity contribution in [1.82, 2.24) is 9.78 Å². The maximum Gasteiger partial charge on any atom is 0.0846 e. The first-order chi connectivity index (χ1) is 8.56. The lowest BCUT2D eigenvalue weighted by atomic mass is 10.0. The number of aromatic nitrogens is 2. The molecule has 1 aromatic heterocycles. The minimum atomic E-state index is -0.514. The van der Waals surface area contributed by atoms with E-state index in [0.717, 1.165) is 16.9 Å². The van der Waals surface area contributed by atoms with Gasteiger partial charge in [-0.1, -0.05) is 12.1 Å². The van der Waals surface area contributed by atoms with Crippen molar-refractivity contribution in [3.8, 4) is 0 Å². The molecule has 0 radical (unpaired) electrons. The molecule has 2 aromatic rings. The number of aliphatic hydroxyl groups excluding tert-OH is 1. The van der Waals surface area contributed by atoms with Crippen molar-refractivity contribution in [3.05, 3.63) is 47.8 Å². The third kappa shape index (κ3) is 2.90. The minimum Gasteiger partial charge on any atom is -0.388 e. The van der Waals surface area contributed by atoms with Gasteiger partial charge in [0.2, 0.25) is 0 Å². The van der Waals surface area contributed by atoms with E-state index in [9.17, 15) is 5.11 Å². The van der Waals surface area contributed by atoms with Crippen LogP contribution in [0.2, 0.25) is 0 Å². The van der Waals surface area contributed by atoms with Crippen molar-refractivity contribution in [2.24, 2.45) is 7.05 Å². The summed E-state index contributed by atoms with van der Waals surface area (Å²) in [6.07, 6.45) is 1.91. The Balaban J connectivity index is 2.13. The van der Waals surface area contributed by atoms with E-state index in [1.807, 2.05) is 62.6 Å². The number of anilines is 1. The molecule has 0 aliphatic heterocycles. The van der Waals surface area contributed by atoms with E-state index in [2.05, 4.69) is 5.10 Å². The van der Waals surface area contributed by atoms with Gasteiger partial charge in [0.1, 0.15) is 0 Å². The quantitative estimate of drug-likeness (QED) is 0.892. The molecule has 0 aliphatic carbocycles. The smallest absolute Gasteiger partial charge is 0.0846 e. The lowest BCUT2D eigenvalue weighted by Crippen LogP contribution is -2.10. The third-order valence-electron chi connectivity index (χ3n) is 2.94. The summed E-state index contributed by atoms with van der Waals surface area (Å²) >= 11 is 0. The summed E-state index contributed by atoms with van der Waals surface area (Å²) < 4.78 is 1.75. The van der Waals surface area contributed by atoms with Crippen LogP contribution in [0.25, 0.3) is 0 Å². The number of nitrogens with zero attached hydrogens (tertiary/aromatic N) is 3. The number of aryl methyl sites for hydroxylation is 1. The fraction of sp³-hybridized carbons (Fsp3) is 0.357. The average Bonchev–Trinajstić information content (AvgIpc) is 2.75. The highest BCUT2D eigenvalue weighted by atomic mass is 16.3. The molecule has 0 fully saturated rings. The fourth-order valence-corrected chi connectivity index (χ4v) is 1.90. The van der Waals surface area contributed by atoms with Gasteiger partial charge in [-0.3, -0.25) is 4.68 Å². The lowest BCUT2D eigenvalue weighted by molar-refractivity contribution is 0.177. The van der Waals surface area contributed by atoms with Crippen LogP contribution < -0.4 is 4.90 Å². The Labute approximate surface area is 107 Å². The number of hydrogen-bond donors (Lipinski definition) is 1. The first-order valence-corrected chi connectivity index (χ1v) is 6.00. The Kier molecular flexibility index (Phi) is 3.67. The zero-order valence-corrected chi connectivity index (χ0v) is 11.0. The molecule has 0 bridgehead atoms. The molecule has 2 rings (SSSR count). The molecular formula is C14H19N3O. The van der Waals surface area contributed by atoms with Crippen LogP contribution in [0.1, 0.15) is 17.4 Å². The van der Waals surface area contributed by atoms with Gasteiger partial charge in [0, 0.05) is 39.4 Å². The summed E-state index contributed by atoms with van der Waals surface area (Å²) in [6, 6.07) is 9.87. The van der Waals surface area contributed by atoms with Crippen LogP contribution in [0.15, 0.2) is 36.5 Å². The van der Waals surface area contributed by atoms with Crippen molar-refractivity contribution >= 4 is 5.69 Å². The molecule has 1 atom stereocenters. The van der Waals surface area contributed by atoms with Crippen molar-refractivity contribution < 1.29 is 5.11 Å². The number of hydrogen-bond acceptors (Lipinski definition) is 3. The van der Waals surface area contributed by atoms with Crippen molar-refractivity contribution in [3.63, 3.8) is 0 Å². The molecule has 1 aromatic carbocycles. The van der Waals surface area contributed by atoms with Crippen molar-refractivity contribution in [1.29, 1.82) is 0 Å². The van der Waals surface area contributed by atoms with E-state index in [1.165, 1.54) is 0 Å². The highest BCUT2D eigenvalue weighted by Crippen LogP contribution is 2.21. The summed E-state index contributed by atoms with van der Waals surface area (Å²) in [7, 11) is 5.86. The number of rotatable bonds is 4. The molecule has 1 unspecified atom stereocenters. The summed E-state index contributed by atoms with van der Waals surface area (Å²) in [6.45, 7) is 0. The van der Waals surface area contributed by atoms with Gasteiger partial charge in [0.05, 0.1) is 11.8 Å². The Bertz CT molecular complexity index is 519. The molecule has 1 N–H and O–H groups in total. The van der Waals surface area contributed by atoms with E-state index in [4.69, 9.17) is 0 Å². The molecule has 4 nitrogen and oxygen atoms in total. The highest BCUT2D eigenvalue weighted by Gasteiger charge is 2.11. The SMILES string of the molecule is CN(C)c1cccc(C(O)Cc2ccn(C)n2)c1. The molecule has 0 saturated carbocycles. The van der Waals surface area contributed by atoms with E-state index >= 15 is 0 Å². The Morgan fingerprint density at radius 1 is 1.33 bits per heavy atom. The molecule has 96 valence electrons. The minimum absolute atomic E-state index is 0.514. The fourth-order valence-electron chi connectivity index (χ4n) is 1.90. The Morgan fingerprint density at radius 2 is 2.11 bits per heavy atom. The molecule has 0 amide bonds. The van der Waals surface area contributed by atoms with Gasteiger partial charge in [0.25, 0.3) is 0 Å². The van der Waals surface area contributed by atoms with Crippen molar-refractivity contribution in [2.45, 2.75) is 12.5 Å². The van der Waals surface area contributed by atoms with Crippen LogP contribution in [-0.2, 0) is 13.5 Å². The van der Waals surface area contributed by atoms with Gasteiger partial charge in [-0.2, -0.15) is 5.10 Å². The molecule has 18 heavy (non-hydrogen) atoms. The van der Waals surface area contributed by atoms with E-state index in [-0.39, 0.29) is 0 Å². The molecule has 0 aliphatic rings. The molecule has 1 heterocycles. The Morgan fingerprint density at radius 3 is 2.72 bits per heavy atom. The monoisotopic (exact) mass is 245 g/mol. The first kappa shape index (κ1) is 12.6. The van der Waals surface area contributed by atoms with Crippen LogP contribution in [0.4, 0.5) is 5.69 Å². The van der Waals surface area contributed by atoms with E-state index in [1.54, 1.807) is 4.68 Å². The predicted octanol–water partition coefficient (Wildman–Crippen LogP) is 1.76. The number of aliphatic hydroxyl groups is 1. The van der Waals surface area contributed by atoms with Gasteiger partial charge in [0.15, 0.2) is 0 Å². The summed E-state index contributed by atoms with van der Waals surface area (Å²) in [4.78, 5) is 2.02. The maximum atomic E-state index is 10.2. The van der Waals surface area contributed by atoms with Gasteiger partial charge < -0.3 is 10.0 Å². The topological polar surface area (TPSA) is 41.3 Å². The zero-order chi connectivity index (χ0) is 13.1. The summed E-state index contributed by atoms with van der Waals surface area (Å²) in [5.74, 6) is 0. The number of benzene rings is 1. The maximum absolute atomic E-state index is 10.2. The predicted molar refractivity (Wildman–Crippen MR) is 72.6 cm³/mol. The van der Waals surface area contributed by atoms with Crippen LogP contribution in [-0.4, -0.2) is 29.0 Å². The second-order valence-electron chi connectivity index (χ2n) is 4.69. The second-order valence-corrected chi connectivity index (χ2v) is 4.69. The molecule has 0 saturated heterocycles. The van der Waals surface area contributed by atoms with Crippen LogP contribution in [0, 0.1) is 0 Å². The van der Waals surface area contributed by atoms with Crippen LogP contribution >= 0.6 is 0 Å². The van der Waals surface area contributed by atoms with Crippen LogP contribution in [0.5, 0.6) is 0 Å². The van der Waals surface area contributed by atoms with Gasteiger partial charge in [-0.05, 0) is 23.8 Å². The van der Waals surface area contributed by atoms with E-state index in [0.29, 0.717) is 6.42 Å². The molecular weight excluding hydrogens is 226 g/mol. The third-order valence-corrected chi connectivity index (χ3v) is 2.94. The lowest BCUT2D eigenvalue weighted by Gasteiger charge is -2.16. The van der Waals surface area contributed by atoms with E-state index < -0.39 is 6.10 Å². The normalized spacial score (nSPS) is 12.4. The van der Waals surface area contributed by atoms with Gasteiger partial charge in [-0.15, -0.1) is 0 Å². The highest BCUT2D eigenvalue weighted by molar-refractivity contribution is 5.47. The zero-order valence-electron chi connectivity index (χ0n) is 11.0. The second kappa shape index (κ2) is 5.23. The largest absolute Gasteiger partial charge is 0.388 e. The standard InChI is InChI=1S/C14H19N3O/c1-16(2)13-6-4-5-11(9-13)14(18)10-12-7-8-17(3)15-12/h4-9,14,18H,10H2,1-3H3. The first-order valence-electron chi connectivity index (χ1n) is 6.00.